The van der Waals surface area contributed by atoms with Gasteiger partial charge in [0.05, 0.1) is 6.10 Å². The summed E-state index contributed by atoms with van der Waals surface area (Å²) in [4.78, 5) is 13.9. The van der Waals surface area contributed by atoms with Crippen LogP contribution < -0.4 is 0 Å². The monoisotopic (exact) mass is 271 g/mol. The Hall–Kier alpha value is -1.03. The van der Waals surface area contributed by atoms with Crippen LogP contribution in [0.2, 0.25) is 0 Å². The van der Waals surface area contributed by atoms with E-state index < -0.39 is 6.10 Å². The smallest absolute Gasteiger partial charge is 0.415 e. The molecule has 0 rings (SSSR count). The van der Waals surface area contributed by atoms with E-state index in [-0.39, 0.29) is 18.2 Å². The van der Waals surface area contributed by atoms with Crippen LogP contribution in [0.5, 0.6) is 0 Å². The molecule has 0 aromatic carbocycles. The molecule has 0 bridgehead atoms. The van der Waals surface area contributed by atoms with Crippen molar-refractivity contribution >= 4 is 6.09 Å². The number of aliphatic hydroxyl groups excluding tert-OH is 1. The maximum Gasteiger partial charge on any atom is 0.415 e. The second kappa shape index (κ2) is 8.20. The minimum Gasteiger partial charge on any atom is -0.415 e. The van der Waals surface area contributed by atoms with E-state index >= 15 is 0 Å². The highest BCUT2D eigenvalue weighted by molar-refractivity contribution is 5.69. The first kappa shape index (κ1) is 18.0. The van der Waals surface area contributed by atoms with E-state index in [0.29, 0.717) is 18.1 Å². The topological polar surface area (TPSA) is 49.8 Å². The fourth-order valence-electron chi connectivity index (χ4n) is 2.00. The predicted molar refractivity (Wildman–Crippen MR) is 77.8 cm³/mol. The van der Waals surface area contributed by atoms with Gasteiger partial charge in [-0.05, 0) is 46.6 Å². The second-order valence-corrected chi connectivity index (χ2v) is 5.93. The van der Waals surface area contributed by atoms with Crippen molar-refractivity contribution < 1.29 is 14.6 Å². The number of amides is 1. The lowest BCUT2D eigenvalue weighted by Crippen LogP contribution is -2.42. The lowest BCUT2D eigenvalue weighted by molar-refractivity contribution is 0.0966. The highest BCUT2D eigenvalue weighted by Crippen LogP contribution is 2.17. The van der Waals surface area contributed by atoms with Gasteiger partial charge in [-0.3, -0.25) is 0 Å². The normalized spacial score (nSPS) is 14.2. The van der Waals surface area contributed by atoms with Crippen LogP contribution in [-0.2, 0) is 4.74 Å². The van der Waals surface area contributed by atoms with Crippen LogP contribution in [0.4, 0.5) is 4.79 Å². The van der Waals surface area contributed by atoms with Crippen molar-refractivity contribution in [1.82, 2.24) is 4.90 Å². The predicted octanol–water partition coefficient (Wildman–Crippen LogP) is 3.55. The van der Waals surface area contributed by atoms with Crippen molar-refractivity contribution in [1.29, 1.82) is 0 Å². The van der Waals surface area contributed by atoms with Crippen molar-refractivity contribution in [2.45, 2.75) is 73.1 Å². The Bertz CT molecular complexity index is 299. The van der Waals surface area contributed by atoms with Crippen molar-refractivity contribution in [2.75, 3.05) is 0 Å². The molecule has 0 saturated carbocycles. The van der Waals surface area contributed by atoms with Crippen LogP contribution in [-0.4, -0.2) is 34.3 Å². The SMILES string of the molecule is CC(O)/C=C(/CC(C)C)OC(=O)N(C(C)C)C(C)C. The van der Waals surface area contributed by atoms with Gasteiger partial charge in [0.2, 0.25) is 0 Å². The molecule has 1 amide bonds. The minimum atomic E-state index is -0.618. The molecule has 4 nitrogen and oxygen atoms in total. The number of ether oxygens (including phenoxy) is 1. The van der Waals surface area contributed by atoms with E-state index in [1.165, 1.54) is 0 Å². The molecule has 0 heterocycles. The van der Waals surface area contributed by atoms with Crippen molar-refractivity contribution in [3.8, 4) is 0 Å². The number of carbonyl (C=O) groups excluding carboxylic acids is 1. The number of hydrogen-bond acceptors (Lipinski definition) is 3. The lowest BCUT2D eigenvalue weighted by Gasteiger charge is -2.30. The molecule has 0 aliphatic rings. The first-order valence-electron chi connectivity index (χ1n) is 7.04. The maximum atomic E-state index is 12.2. The van der Waals surface area contributed by atoms with Crippen LogP contribution in [0.15, 0.2) is 11.8 Å². The average Bonchev–Trinajstić information content (AvgIpc) is 2.12. The Labute approximate surface area is 117 Å². The van der Waals surface area contributed by atoms with Crippen LogP contribution in [0.3, 0.4) is 0 Å². The van der Waals surface area contributed by atoms with Crippen LogP contribution in [0, 0.1) is 5.92 Å². The van der Waals surface area contributed by atoms with Gasteiger partial charge in [-0.25, -0.2) is 4.79 Å². The summed E-state index contributed by atoms with van der Waals surface area (Å²) >= 11 is 0. The first-order valence-corrected chi connectivity index (χ1v) is 7.04. The van der Waals surface area contributed by atoms with Crippen LogP contribution in [0.25, 0.3) is 0 Å². The molecule has 0 fully saturated rings. The zero-order chi connectivity index (χ0) is 15.2. The maximum absolute atomic E-state index is 12.2. The Balaban J connectivity index is 4.88. The summed E-state index contributed by atoms with van der Waals surface area (Å²) in [6.45, 7) is 13.6. The number of hydrogen-bond donors (Lipinski definition) is 1. The zero-order valence-electron chi connectivity index (χ0n) is 13.3. The zero-order valence-corrected chi connectivity index (χ0v) is 13.3. The Morgan fingerprint density at radius 3 is 1.89 bits per heavy atom. The lowest BCUT2D eigenvalue weighted by atomic mass is 10.1. The molecule has 0 spiro atoms. The standard InChI is InChI=1S/C15H29NO3/c1-10(2)8-14(9-13(7)17)19-15(18)16(11(3)4)12(5)6/h9-13,17H,8H2,1-7H3/b14-9-. The Morgan fingerprint density at radius 2 is 1.58 bits per heavy atom. The van der Waals surface area contributed by atoms with Gasteiger partial charge in [0, 0.05) is 18.5 Å². The summed E-state index contributed by atoms with van der Waals surface area (Å²) < 4.78 is 5.44. The molecule has 1 unspecified atom stereocenters. The first-order chi connectivity index (χ1) is 8.65. The van der Waals surface area contributed by atoms with E-state index in [9.17, 15) is 9.90 Å². The highest BCUT2D eigenvalue weighted by Gasteiger charge is 2.23. The molecular weight excluding hydrogens is 242 g/mol. The molecule has 4 heteroatoms. The Morgan fingerprint density at radius 1 is 1.11 bits per heavy atom. The number of allylic oxidation sites excluding steroid dienone is 1. The minimum absolute atomic E-state index is 0.0827. The fourth-order valence-corrected chi connectivity index (χ4v) is 2.00. The quantitative estimate of drug-likeness (QED) is 0.752. The van der Waals surface area contributed by atoms with Gasteiger partial charge in [-0.1, -0.05) is 13.8 Å². The second-order valence-electron chi connectivity index (χ2n) is 5.93. The molecule has 112 valence electrons. The van der Waals surface area contributed by atoms with Crippen molar-refractivity contribution in [3.63, 3.8) is 0 Å². The number of rotatable bonds is 6. The Kier molecular flexibility index (Phi) is 7.76. The van der Waals surface area contributed by atoms with Crippen molar-refractivity contribution in [2.24, 2.45) is 5.92 Å². The number of nitrogens with zero attached hydrogens (tertiary/aromatic N) is 1. The van der Waals surface area contributed by atoms with Gasteiger partial charge in [0.25, 0.3) is 0 Å². The molecule has 0 radical (unpaired) electrons. The number of carbonyl (C=O) groups is 1. The third-order valence-electron chi connectivity index (χ3n) is 2.58. The largest absolute Gasteiger partial charge is 0.415 e. The summed E-state index contributed by atoms with van der Waals surface area (Å²) in [6.07, 6.45) is 1.27. The van der Waals surface area contributed by atoms with Gasteiger partial charge < -0.3 is 14.7 Å². The van der Waals surface area contributed by atoms with Gasteiger partial charge in [0.1, 0.15) is 5.76 Å². The summed E-state index contributed by atoms with van der Waals surface area (Å²) in [7, 11) is 0. The van der Waals surface area contributed by atoms with Crippen LogP contribution >= 0.6 is 0 Å². The number of aliphatic hydroxyl groups is 1. The van der Waals surface area contributed by atoms with Gasteiger partial charge in [-0.2, -0.15) is 0 Å². The van der Waals surface area contributed by atoms with E-state index in [0.717, 1.165) is 0 Å². The van der Waals surface area contributed by atoms with Gasteiger partial charge in [-0.15, -0.1) is 0 Å². The van der Waals surface area contributed by atoms with E-state index in [2.05, 4.69) is 0 Å². The average molecular weight is 271 g/mol. The van der Waals surface area contributed by atoms with Gasteiger partial charge in [0.15, 0.2) is 0 Å². The highest BCUT2D eigenvalue weighted by atomic mass is 16.6. The van der Waals surface area contributed by atoms with Gasteiger partial charge >= 0.3 is 6.09 Å². The third kappa shape index (κ3) is 7.21. The molecule has 1 N–H and O–H groups in total. The van der Waals surface area contributed by atoms with Crippen molar-refractivity contribution in [3.05, 3.63) is 11.8 Å². The molecule has 0 aliphatic carbocycles. The molecule has 0 aliphatic heterocycles. The summed E-state index contributed by atoms with van der Waals surface area (Å²) in [5.41, 5.74) is 0. The molecule has 0 saturated heterocycles. The third-order valence-corrected chi connectivity index (χ3v) is 2.58. The molecule has 0 aromatic rings. The van der Waals surface area contributed by atoms with E-state index in [4.69, 9.17) is 4.74 Å². The molecule has 0 aromatic heterocycles. The fraction of sp³-hybridized carbons (Fsp3) is 0.800. The summed E-state index contributed by atoms with van der Waals surface area (Å²) in [6, 6.07) is 0.165. The molecule has 19 heavy (non-hydrogen) atoms. The summed E-state index contributed by atoms with van der Waals surface area (Å²) in [5.74, 6) is 0.908. The molecule has 1 atom stereocenters. The summed E-state index contributed by atoms with van der Waals surface area (Å²) in [5, 5.41) is 9.42. The molecular formula is C15H29NO3. The van der Waals surface area contributed by atoms with Crippen LogP contribution in [0.1, 0.15) is 54.9 Å². The van der Waals surface area contributed by atoms with E-state index in [1.54, 1.807) is 17.9 Å². The van der Waals surface area contributed by atoms with E-state index in [1.807, 2.05) is 41.5 Å².